The van der Waals surface area contributed by atoms with Crippen LogP contribution in [0.4, 0.5) is 5.69 Å². The zero-order chi connectivity index (χ0) is 19.9. The number of thiazole rings is 1. The summed E-state index contributed by atoms with van der Waals surface area (Å²) in [5.41, 5.74) is 2.47. The van der Waals surface area contributed by atoms with Crippen LogP contribution in [-0.4, -0.2) is 30.5 Å². The summed E-state index contributed by atoms with van der Waals surface area (Å²) >= 11 is 1.60. The van der Waals surface area contributed by atoms with Gasteiger partial charge < -0.3 is 15.4 Å². The number of methoxy groups -OCH3 is 1. The van der Waals surface area contributed by atoms with E-state index in [-0.39, 0.29) is 0 Å². The second-order valence-electron chi connectivity index (χ2n) is 6.05. The number of anilines is 1. The Labute approximate surface area is 167 Å². The van der Waals surface area contributed by atoms with E-state index in [1.54, 1.807) is 35.6 Å². The van der Waals surface area contributed by atoms with Crippen LogP contribution < -0.4 is 15.4 Å². The van der Waals surface area contributed by atoms with Crippen molar-refractivity contribution >= 4 is 28.8 Å². The number of benzene rings is 2. The van der Waals surface area contributed by atoms with E-state index in [4.69, 9.17) is 4.74 Å². The second-order valence-corrected chi connectivity index (χ2v) is 7.14. The van der Waals surface area contributed by atoms with E-state index in [0.29, 0.717) is 24.4 Å². The molecule has 2 N–H and O–H groups in total. The Kier molecular flexibility index (Phi) is 6.39. The van der Waals surface area contributed by atoms with Gasteiger partial charge in [0.2, 0.25) is 0 Å². The summed E-state index contributed by atoms with van der Waals surface area (Å²) in [6.07, 6.45) is 0.615. The van der Waals surface area contributed by atoms with Crippen molar-refractivity contribution in [1.29, 1.82) is 0 Å². The fourth-order valence-corrected chi connectivity index (χ4v) is 3.73. The van der Waals surface area contributed by atoms with E-state index in [1.807, 2.05) is 37.3 Å². The highest BCUT2D eigenvalue weighted by atomic mass is 32.1. The highest BCUT2D eigenvalue weighted by Crippen LogP contribution is 2.28. The molecule has 3 aromatic rings. The highest BCUT2D eigenvalue weighted by molar-refractivity contribution is 7.15. The maximum Gasteiger partial charge on any atom is 0.313 e. The number of amides is 2. The van der Waals surface area contributed by atoms with Gasteiger partial charge in [0, 0.05) is 23.4 Å². The smallest absolute Gasteiger partial charge is 0.313 e. The molecular weight excluding hydrogens is 374 g/mol. The maximum atomic E-state index is 12.1. The van der Waals surface area contributed by atoms with Gasteiger partial charge in [-0.05, 0) is 19.1 Å². The molecule has 144 valence electrons. The van der Waals surface area contributed by atoms with Crippen molar-refractivity contribution < 1.29 is 14.3 Å². The Morgan fingerprint density at radius 1 is 1.04 bits per heavy atom. The molecule has 1 aromatic heterocycles. The molecule has 0 fully saturated rings. The lowest BCUT2D eigenvalue weighted by atomic mass is 10.2. The fourth-order valence-electron chi connectivity index (χ4n) is 2.66. The van der Waals surface area contributed by atoms with Gasteiger partial charge in [0.15, 0.2) is 0 Å². The number of hydrogen-bond acceptors (Lipinski definition) is 5. The average molecular weight is 395 g/mol. The molecule has 3 rings (SSSR count). The molecule has 0 radical (unpaired) electrons. The van der Waals surface area contributed by atoms with Crippen molar-refractivity contribution in [1.82, 2.24) is 10.3 Å². The molecule has 1 heterocycles. The number of rotatable bonds is 6. The van der Waals surface area contributed by atoms with Crippen molar-refractivity contribution in [3.8, 4) is 16.3 Å². The first-order valence-corrected chi connectivity index (χ1v) is 9.64. The highest BCUT2D eigenvalue weighted by Gasteiger charge is 2.16. The van der Waals surface area contributed by atoms with Crippen molar-refractivity contribution in [2.75, 3.05) is 19.0 Å². The third kappa shape index (κ3) is 4.75. The predicted octanol–water partition coefficient (Wildman–Crippen LogP) is 3.42. The number of carbonyl (C=O) groups is 2. The van der Waals surface area contributed by atoms with E-state index in [1.165, 1.54) is 7.11 Å². The van der Waals surface area contributed by atoms with Gasteiger partial charge in [0.25, 0.3) is 0 Å². The third-order valence-corrected chi connectivity index (χ3v) is 5.38. The Bertz CT molecular complexity index is 970. The normalized spacial score (nSPS) is 10.4. The molecule has 0 bridgehead atoms. The molecule has 0 aliphatic heterocycles. The van der Waals surface area contributed by atoms with Crippen LogP contribution in [0.25, 0.3) is 10.6 Å². The van der Waals surface area contributed by atoms with Crippen LogP contribution in [0.15, 0.2) is 54.6 Å². The van der Waals surface area contributed by atoms with Crippen molar-refractivity contribution in [2.45, 2.75) is 13.3 Å². The summed E-state index contributed by atoms with van der Waals surface area (Å²) in [7, 11) is 1.51. The van der Waals surface area contributed by atoms with Gasteiger partial charge in [-0.15, -0.1) is 11.3 Å². The van der Waals surface area contributed by atoms with E-state index >= 15 is 0 Å². The van der Waals surface area contributed by atoms with E-state index in [2.05, 4.69) is 15.6 Å². The van der Waals surface area contributed by atoms with Crippen molar-refractivity contribution in [3.63, 3.8) is 0 Å². The Morgan fingerprint density at radius 2 is 1.75 bits per heavy atom. The maximum absolute atomic E-state index is 12.1. The Morgan fingerprint density at radius 3 is 2.50 bits per heavy atom. The molecule has 0 saturated heterocycles. The molecule has 6 nitrogen and oxygen atoms in total. The number of nitrogens with one attached hydrogen (secondary N) is 2. The van der Waals surface area contributed by atoms with Crippen molar-refractivity contribution in [2.24, 2.45) is 0 Å². The topological polar surface area (TPSA) is 80.3 Å². The first kappa shape index (κ1) is 19.6. The van der Waals surface area contributed by atoms with Crippen LogP contribution in [0.1, 0.15) is 10.6 Å². The van der Waals surface area contributed by atoms with Crippen molar-refractivity contribution in [3.05, 3.63) is 65.2 Å². The largest absolute Gasteiger partial charge is 0.495 e. The SMILES string of the molecule is COc1ccccc1NC(=O)C(=O)NCCc1sc(-c2ccccc2)nc1C. The summed E-state index contributed by atoms with van der Waals surface area (Å²) in [6.45, 7) is 2.31. The molecule has 0 unspecified atom stereocenters. The molecule has 0 saturated carbocycles. The molecule has 0 spiro atoms. The summed E-state index contributed by atoms with van der Waals surface area (Å²) in [6, 6.07) is 16.9. The average Bonchev–Trinajstić information content (AvgIpc) is 3.09. The van der Waals surface area contributed by atoms with Gasteiger partial charge in [0.1, 0.15) is 10.8 Å². The summed E-state index contributed by atoms with van der Waals surface area (Å²) in [5.74, 6) is -0.913. The van der Waals surface area contributed by atoms with Crippen LogP contribution in [0.5, 0.6) is 5.75 Å². The van der Waals surface area contributed by atoms with Gasteiger partial charge in [0.05, 0.1) is 18.5 Å². The first-order valence-electron chi connectivity index (χ1n) is 8.82. The Hall–Kier alpha value is -3.19. The van der Waals surface area contributed by atoms with Gasteiger partial charge in [-0.25, -0.2) is 4.98 Å². The summed E-state index contributed by atoms with van der Waals surface area (Å²) in [5, 5.41) is 6.17. The van der Waals surface area contributed by atoms with E-state index in [0.717, 1.165) is 21.1 Å². The van der Waals surface area contributed by atoms with Crippen LogP contribution >= 0.6 is 11.3 Å². The molecule has 0 aliphatic rings. The third-order valence-electron chi connectivity index (χ3n) is 4.11. The van der Waals surface area contributed by atoms with E-state index < -0.39 is 11.8 Å². The van der Waals surface area contributed by atoms with E-state index in [9.17, 15) is 9.59 Å². The zero-order valence-electron chi connectivity index (χ0n) is 15.7. The standard InChI is InChI=1S/C21H21N3O3S/c1-14-18(28-21(23-14)15-8-4-3-5-9-15)12-13-22-19(25)20(26)24-16-10-6-7-11-17(16)27-2/h3-11H,12-13H2,1-2H3,(H,22,25)(H,24,26). The number of aromatic nitrogens is 1. The molecule has 2 aromatic carbocycles. The minimum absolute atomic E-state index is 0.357. The lowest BCUT2D eigenvalue weighted by Crippen LogP contribution is -2.36. The fraction of sp³-hybridized carbons (Fsp3) is 0.190. The number of para-hydroxylation sites is 2. The summed E-state index contributed by atoms with van der Waals surface area (Å²) < 4.78 is 5.16. The molecule has 2 amide bonds. The quantitative estimate of drug-likeness (QED) is 0.627. The van der Waals surface area contributed by atoms with Gasteiger partial charge in [-0.2, -0.15) is 0 Å². The Balaban J connectivity index is 1.54. The molecule has 0 aliphatic carbocycles. The number of aryl methyl sites for hydroxylation is 1. The second kappa shape index (κ2) is 9.14. The van der Waals surface area contributed by atoms with Gasteiger partial charge in [-0.3, -0.25) is 9.59 Å². The van der Waals surface area contributed by atoms with Gasteiger partial charge in [-0.1, -0.05) is 42.5 Å². The molecule has 7 heteroatoms. The van der Waals surface area contributed by atoms with Crippen LogP contribution in [0, 0.1) is 6.92 Å². The summed E-state index contributed by atoms with van der Waals surface area (Å²) in [4.78, 5) is 29.9. The molecular formula is C21H21N3O3S. The number of ether oxygens (including phenoxy) is 1. The number of nitrogens with zero attached hydrogens (tertiary/aromatic N) is 1. The monoisotopic (exact) mass is 395 g/mol. The lowest BCUT2D eigenvalue weighted by molar-refractivity contribution is -0.136. The minimum atomic E-state index is -0.726. The molecule has 0 atom stereocenters. The number of hydrogen-bond donors (Lipinski definition) is 2. The predicted molar refractivity (Wildman–Crippen MR) is 111 cm³/mol. The van der Waals surface area contributed by atoms with Crippen LogP contribution in [0.2, 0.25) is 0 Å². The van der Waals surface area contributed by atoms with Crippen LogP contribution in [0.3, 0.4) is 0 Å². The zero-order valence-corrected chi connectivity index (χ0v) is 16.5. The molecule has 28 heavy (non-hydrogen) atoms. The minimum Gasteiger partial charge on any atom is -0.495 e. The lowest BCUT2D eigenvalue weighted by Gasteiger charge is -2.09. The van der Waals surface area contributed by atoms with Crippen LogP contribution in [-0.2, 0) is 16.0 Å². The van der Waals surface area contributed by atoms with Gasteiger partial charge >= 0.3 is 11.8 Å². The first-order chi connectivity index (χ1) is 13.6. The number of carbonyl (C=O) groups excluding carboxylic acids is 2.